The summed E-state index contributed by atoms with van der Waals surface area (Å²) in [5.74, 6) is -1.94. The fraction of sp³-hybridized carbons (Fsp3) is 0.111. The molecule has 0 unspecified atom stereocenters. The third kappa shape index (κ3) is 2.97. The molecule has 0 aliphatic rings. The number of nitrogens with zero attached hydrogens (tertiary/aromatic N) is 3. The highest BCUT2D eigenvalue weighted by Crippen LogP contribution is 2.30. The van der Waals surface area contributed by atoms with Gasteiger partial charge in [-0.15, -0.1) is 10.2 Å². The van der Waals surface area contributed by atoms with Crippen LogP contribution in [0.1, 0.15) is 5.89 Å². The van der Waals surface area contributed by atoms with Crippen molar-refractivity contribution >= 4 is 11.9 Å². The number of rotatable bonds is 2. The summed E-state index contributed by atoms with van der Waals surface area (Å²) in [7, 11) is 0. The second-order valence-electron chi connectivity index (χ2n) is 3.27. The smallest absolute Gasteiger partial charge is 0.465 e. The van der Waals surface area contributed by atoms with Crippen molar-refractivity contribution in [3.63, 3.8) is 0 Å². The van der Waals surface area contributed by atoms with Crippen molar-refractivity contribution in [2.24, 2.45) is 0 Å². The lowest BCUT2D eigenvalue weighted by atomic mass is 10.2. The van der Waals surface area contributed by atoms with Crippen molar-refractivity contribution in [1.82, 2.24) is 15.2 Å². The minimum absolute atomic E-state index is 0.0724. The standard InChI is InChI=1S/C9H5F3N4O3/c10-9(11,12)7-16-15-6(19-7)4-1-2-13-5(3-4)14-8(17)18/h1-3H,(H,13,14)(H,17,18). The number of aromatic nitrogens is 3. The van der Waals surface area contributed by atoms with Gasteiger partial charge in [-0.1, -0.05) is 0 Å². The van der Waals surface area contributed by atoms with Crippen LogP contribution in [0.2, 0.25) is 0 Å². The highest BCUT2D eigenvalue weighted by molar-refractivity contribution is 5.82. The summed E-state index contributed by atoms with van der Waals surface area (Å²) >= 11 is 0. The molecule has 7 nitrogen and oxygen atoms in total. The molecule has 0 atom stereocenters. The second kappa shape index (κ2) is 4.55. The van der Waals surface area contributed by atoms with Gasteiger partial charge < -0.3 is 9.52 Å². The van der Waals surface area contributed by atoms with E-state index in [1.165, 1.54) is 18.3 Å². The topological polar surface area (TPSA) is 101 Å². The van der Waals surface area contributed by atoms with Crippen LogP contribution < -0.4 is 5.32 Å². The molecular weight excluding hydrogens is 269 g/mol. The average molecular weight is 274 g/mol. The molecule has 2 rings (SSSR count). The number of carbonyl (C=O) groups is 1. The van der Waals surface area contributed by atoms with Crippen LogP contribution in [0.3, 0.4) is 0 Å². The molecule has 2 heterocycles. The first-order valence-electron chi connectivity index (χ1n) is 4.73. The highest BCUT2D eigenvalue weighted by atomic mass is 19.4. The zero-order valence-electron chi connectivity index (χ0n) is 8.97. The van der Waals surface area contributed by atoms with Crippen LogP contribution >= 0.6 is 0 Å². The van der Waals surface area contributed by atoms with Crippen molar-refractivity contribution in [2.45, 2.75) is 6.18 Å². The van der Waals surface area contributed by atoms with Gasteiger partial charge in [-0.05, 0) is 12.1 Å². The zero-order valence-corrected chi connectivity index (χ0v) is 8.97. The SMILES string of the molecule is O=C(O)Nc1cc(-c2nnc(C(F)(F)F)o2)ccn1. The van der Waals surface area contributed by atoms with E-state index in [0.29, 0.717) is 0 Å². The number of carboxylic acid groups (broad SMARTS) is 1. The summed E-state index contributed by atoms with van der Waals surface area (Å²) in [6.45, 7) is 0. The number of pyridine rings is 1. The van der Waals surface area contributed by atoms with E-state index < -0.39 is 18.2 Å². The number of amides is 1. The van der Waals surface area contributed by atoms with Crippen molar-refractivity contribution in [3.05, 3.63) is 24.2 Å². The summed E-state index contributed by atoms with van der Waals surface area (Å²) in [6.07, 6.45) is -4.90. The van der Waals surface area contributed by atoms with Gasteiger partial charge in [0, 0.05) is 11.8 Å². The number of hydrogen-bond acceptors (Lipinski definition) is 5. The quantitative estimate of drug-likeness (QED) is 0.870. The number of hydrogen-bond donors (Lipinski definition) is 2. The van der Waals surface area contributed by atoms with Gasteiger partial charge in [-0.2, -0.15) is 13.2 Å². The predicted octanol–water partition coefficient (Wildman–Crippen LogP) is 2.24. The van der Waals surface area contributed by atoms with Crippen LogP contribution in [0.25, 0.3) is 11.5 Å². The number of alkyl halides is 3. The molecule has 0 radical (unpaired) electrons. The Morgan fingerprint density at radius 1 is 1.37 bits per heavy atom. The van der Waals surface area contributed by atoms with E-state index in [9.17, 15) is 18.0 Å². The van der Waals surface area contributed by atoms with Crippen molar-refractivity contribution in [2.75, 3.05) is 5.32 Å². The number of nitrogens with one attached hydrogen (secondary N) is 1. The van der Waals surface area contributed by atoms with Gasteiger partial charge in [-0.25, -0.2) is 9.78 Å². The van der Waals surface area contributed by atoms with Crippen LogP contribution in [-0.4, -0.2) is 26.4 Å². The summed E-state index contributed by atoms with van der Waals surface area (Å²) in [5, 5.41) is 16.5. The van der Waals surface area contributed by atoms with E-state index in [1.54, 1.807) is 0 Å². The van der Waals surface area contributed by atoms with Gasteiger partial charge >= 0.3 is 18.2 Å². The van der Waals surface area contributed by atoms with Gasteiger partial charge in [-0.3, -0.25) is 5.32 Å². The summed E-state index contributed by atoms with van der Waals surface area (Å²) in [4.78, 5) is 14.1. The maximum atomic E-state index is 12.3. The Bertz CT molecular complexity index is 611. The molecule has 0 aliphatic carbocycles. The lowest BCUT2D eigenvalue weighted by Gasteiger charge is -2.01. The summed E-state index contributed by atoms with van der Waals surface area (Å²) in [5.41, 5.74) is 0.113. The van der Waals surface area contributed by atoms with Gasteiger partial charge in [0.1, 0.15) is 5.82 Å². The van der Waals surface area contributed by atoms with Gasteiger partial charge in [0.05, 0.1) is 0 Å². The van der Waals surface area contributed by atoms with Crippen LogP contribution in [0.4, 0.5) is 23.8 Å². The summed E-state index contributed by atoms with van der Waals surface area (Å²) in [6, 6.07) is 2.47. The lowest BCUT2D eigenvalue weighted by molar-refractivity contribution is -0.156. The molecule has 2 aromatic rings. The van der Waals surface area contributed by atoms with E-state index in [4.69, 9.17) is 5.11 Å². The monoisotopic (exact) mass is 274 g/mol. The zero-order chi connectivity index (χ0) is 14.0. The molecule has 10 heteroatoms. The van der Waals surface area contributed by atoms with E-state index in [1.807, 2.05) is 5.32 Å². The Morgan fingerprint density at radius 3 is 2.68 bits per heavy atom. The second-order valence-corrected chi connectivity index (χ2v) is 3.27. The molecule has 0 saturated heterocycles. The Labute approximate surface area is 103 Å². The van der Waals surface area contributed by atoms with Crippen LogP contribution in [-0.2, 0) is 6.18 Å². The molecule has 100 valence electrons. The number of anilines is 1. The van der Waals surface area contributed by atoms with E-state index in [-0.39, 0.29) is 17.3 Å². The molecule has 0 aliphatic heterocycles. The van der Waals surface area contributed by atoms with E-state index in [2.05, 4.69) is 19.6 Å². The van der Waals surface area contributed by atoms with E-state index in [0.717, 1.165) is 0 Å². The molecular formula is C9H5F3N4O3. The lowest BCUT2D eigenvalue weighted by Crippen LogP contribution is -2.08. The largest absolute Gasteiger partial charge is 0.470 e. The Kier molecular flexibility index (Phi) is 3.07. The normalized spacial score (nSPS) is 11.3. The van der Waals surface area contributed by atoms with E-state index >= 15 is 0 Å². The van der Waals surface area contributed by atoms with Gasteiger partial charge in [0.2, 0.25) is 5.89 Å². The van der Waals surface area contributed by atoms with Crippen molar-refractivity contribution in [3.8, 4) is 11.5 Å². The molecule has 1 amide bonds. The average Bonchev–Trinajstić information content (AvgIpc) is 2.77. The summed E-state index contributed by atoms with van der Waals surface area (Å²) < 4.78 is 41.3. The molecule has 2 aromatic heterocycles. The van der Waals surface area contributed by atoms with Crippen molar-refractivity contribution < 1.29 is 27.5 Å². The minimum atomic E-state index is -4.74. The molecule has 0 aromatic carbocycles. The molecule has 0 fully saturated rings. The van der Waals surface area contributed by atoms with Crippen LogP contribution in [0.15, 0.2) is 22.7 Å². The third-order valence-corrected chi connectivity index (χ3v) is 1.91. The first-order chi connectivity index (χ1) is 8.86. The van der Waals surface area contributed by atoms with Crippen LogP contribution in [0.5, 0.6) is 0 Å². The highest BCUT2D eigenvalue weighted by Gasteiger charge is 2.38. The molecule has 0 spiro atoms. The Morgan fingerprint density at radius 2 is 2.11 bits per heavy atom. The van der Waals surface area contributed by atoms with Crippen LogP contribution in [0, 0.1) is 0 Å². The Balaban J connectivity index is 2.31. The first kappa shape index (κ1) is 12.8. The Hall–Kier alpha value is -2.65. The van der Waals surface area contributed by atoms with Gasteiger partial charge in [0.15, 0.2) is 0 Å². The third-order valence-electron chi connectivity index (χ3n) is 1.91. The fourth-order valence-electron chi connectivity index (χ4n) is 1.20. The molecule has 2 N–H and O–H groups in total. The minimum Gasteiger partial charge on any atom is -0.465 e. The molecule has 19 heavy (non-hydrogen) atoms. The molecule has 0 bridgehead atoms. The maximum absolute atomic E-state index is 12.3. The maximum Gasteiger partial charge on any atom is 0.470 e. The predicted molar refractivity (Wildman–Crippen MR) is 54.2 cm³/mol. The molecule has 0 saturated carbocycles. The first-order valence-corrected chi connectivity index (χ1v) is 4.73. The number of halogens is 3. The van der Waals surface area contributed by atoms with Gasteiger partial charge in [0.25, 0.3) is 0 Å². The fourth-order valence-corrected chi connectivity index (χ4v) is 1.20. The van der Waals surface area contributed by atoms with Crippen molar-refractivity contribution in [1.29, 1.82) is 0 Å².